The Kier molecular flexibility index (Phi) is 7.56. The van der Waals surface area contributed by atoms with E-state index in [0.717, 1.165) is 5.56 Å². The lowest BCUT2D eigenvalue weighted by molar-refractivity contribution is -0.153. The normalized spacial score (nSPS) is 24.6. The first kappa shape index (κ1) is 24.5. The summed E-state index contributed by atoms with van der Waals surface area (Å²) in [5, 5.41) is 54.2. The van der Waals surface area contributed by atoms with Gasteiger partial charge in [-0.1, -0.05) is 44.2 Å². The van der Waals surface area contributed by atoms with E-state index >= 15 is 0 Å². The molecule has 2 heterocycles. The maximum atomic E-state index is 12.4. The molecule has 2 aliphatic rings. The van der Waals surface area contributed by atoms with Gasteiger partial charge in [0.05, 0.1) is 12.3 Å². The number of aliphatic carboxylic acids is 1. The zero-order valence-electron chi connectivity index (χ0n) is 18.0. The molecule has 0 saturated carbocycles. The summed E-state index contributed by atoms with van der Waals surface area (Å²) in [5.41, 5.74) is 6.71. The van der Waals surface area contributed by atoms with Crippen molar-refractivity contribution in [3.63, 3.8) is 0 Å². The van der Waals surface area contributed by atoms with E-state index < -0.39 is 60.6 Å². The quantitative estimate of drug-likeness (QED) is 0.218. The average molecular weight is 464 g/mol. The van der Waals surface area contributed by atoms with Gasteiger partial charge < -0.3 is 41.0 Å². The average Bonchev–Trinajstić information content (AvgIpc) is 3.29. The maximum absolute atomic E-state index is 12.4. The van der Waals surface area contributed by atoms with Crippen molar-refractivity contribution in [3.05, 3.63) is 53.6 Å². The number of carboxylic acid groups (broad SMARTS) is 1. The summed E-state index contributed by atoms with van der Waals surface area (Å²) in [5.74, 6) is -3.24. The Morgan fingerprint density at radius 3 is 2.45 bits per heavy atom. The van der Waals surface area contributed by atoms with E-state index in [1.165, 1.54) is 11.2 Å². The summed E-state index contributed by atoms with van der Waals surface area (Å²) < 4.78 is 5.51. The van der Waals surface area contributed by atoms with Crippen LogP contribution in [0.5, 0.6) is 0 Å². The fourth-order valence-corrected chi connectivity index (χ4v) is 3.48. The van der Waals surface area contributed by atoms with Crippen LogP contribution in [0.1, 0.15) is 19.4 Å². The van der Waals surface area contributed by atoms with E-state index in [1.807, 2.05) is 30.3 Å². The van der Waals surface area contributed by atoms with Crippen LogP contribution in [-0.2, 0) is 14.3 Å². The molecule has 8 N–H and O–H groups in total. The molecule has 0 bridgehead atoms. The Morgan fingerprint density at radius 1 is 1.21 bits per heavy atom. The minimum atomic E-state index is -1.81. The Balaban J connectivity index is 2.02. The van der Waals surface area contributed by atoms with E-state index in [4.69, 9.17) is 4.74 Å². The lowest BCUT2D eigenvalue weighted by Gasteiger charge is -2.42. The first-order valence-electron chi connectivity index (χ1n) is 10.3. The van der Waals surface area contributed by atoms with Gasteiger partial charge >= 0.3 is 5.97 Å². The lowest BCUT2D eigenvalue weighted by Crippen LogP contribution is -2.63. The standard InChI is InChI=1S/C21H28N4O8/c1-10(2)20(30)22-14-17(29)15(19(21(31)32)33-18(14)16(28)13(27)9-26)25-8-12(23-24-25)11-6-4-3-5-7-11/h3-8,10,13-14,16-18,23-24,26-29H,9H2,1-2H3,(H,22,30)(H,31,32)/t13-,14-,16-,17+,18?/m1/s1. The number of ether oxygens (including phenoxy) is 1. The summed E-state index contributed by atoms with van der Waals surface area (Å²) in [6.45, 7) is 2.38. The number of nitrogens with zero attached hydrogens (tertiary/aromatic N) is 1. The molecule has 3 rings (SSSR count). The van der Waals surface area contributed by atoms with Crippen LogP contribution in [0.15, 0.2) is 48.0 Å². The third-order valence-corrected chi connectivity index (χ3v) is 5.32. The molecule has 33 heavy (non-hydrogen) atoms. The van der Waals surface area contributed by atoms with Crippen LogP contribution in [0.25, 0.3) is 5.70 Å². The molecule has 1 amide bonds. The molecule has 2 aliphatic heterocycles. The number of nitrogens with one attached hydrogen (secondary N) is 3. The summed E-state index contributed by atoms with van der Waals surface area (Å²) in [6.07, 6.45) is -5.24. The zero-order chi connectivity index (χ0) is 24.3. The largest absolute Gasteiger partial charge is 0.477 e. The van der Waals surface area contributed by atoms with Crippen LogP contribution in [0.4, 0.5) is 0 Å². The number of carbonyl (C=O) groups excluding carboxylic acids is 1. The molecule has 0 spiro atoms. The van der Waals surface area contributed by atoms with Crippen molar-refractivity contribution in [3.8, 4) is 0 Å². The number of hydrazine groups is 2. The topological polar surface area (TPSA) is 184 Å². The van der Waals surface area contributed by atoms with Gasteiger partial charge in [-0.15, -0.1) is 5.53 Å². The van der Waals surface area contributed by atoms with Crippen LogP contribution in [0.3, 0.4) is 0 Å². The highest BCUT2D eigenvalue weighted by atomic mass is 16.5. The molecule has 1 aromatic rings. The van der Waals surface area contributed by atoms with Crippen molar-refractivity contribution >= 4 is 17.6 Å². The number of hydrogen-bond donors (Lipinski definition) is 8. The van der Waals surface area contributed by atoms with Gasteiger partial charge in [-0.05, 0) is 0 Å². The van der Waals surface area contributed by atoms with Gasteiger partial charge in [0.2, 0.25) is 11.7 Å². The fourth-order valence-electron chi connectivity index (χ4n) is 3.48. The van der Waals surface area contributed by atoms with Gasteiger partial charge in [0, 0.05) is 17.7 Å². The highest BCUT2D eigenvalue weighted by Gasteiger charge is 2.49. The van der Waals surface area contributed by atoms with Crippen LogP contribution in [0, 0.1) is 5.92 Å². The van der Waals surface area contributed by atoms with E-state index in [-0.39, 0.29) is 5.70 Å². The third kappa shape index (κ3) is 5.10. The van der Waals surface area contributed by atoms with Crippen molar-refractivity contribution in [2.24, 2.45) is 5.92 Å². The molecule has 12 nitrogen and oxygen atoms in total. The van der Waals surface area contributed by atoms with Gasteiger partial charge in [-0.2, -0.15) is 0 Å². The van der Waals surface area contributed by atoms with E-state index in [2.05, 4.69) is 16.3 Å². The van der Waals surface area contributed by atoms with Crippen LogP contribution >= 0.6 is 0 Å². The molecule has 0 fully saturated rings. The lowest BCUT2D eigenvalue weighted by atomic mass is 9.91. The second kappa shape index (κ2) is 10.2. The van der Waals surface area contributed by atoms with Crippen LogP contribution in [-0.4, -0.2) is 79.5 Å². The molecule has 0 aromatic heterocycles. The molecule has 12 heteroatoms. The molecular formula is C21H28N4O8. The Labute approximate surface area is 189 Å². The van der Waals surface area contributed by atoms with Crippen molar-refractivity contribution in [1.29, 1.82) is 0 Å². The Hall–Kier alpha value is -3.16. The summed E-state index contributed by atoms with van der Waals surface area (Å²) in [4.78, 5) is 24.4. The summed E-state index contributed by atoms with van der Waals surface area (Å²) in [7, 11) is 0. The molecule has 0 saturated heterocycles. The molecule has 0 radical (unpaired) electrons. The van der Waals surface area contributed by atoms with Crippen LogP contribution in [0.2, 0.25) is 0 Å². The number of aliphatic hydroxyl groups is 4. The number of hydrogen-bond acceptors (Lipinski definition) is 10. The van der Waals surface area contributed by atoms with E-state index in [9.17, 15) is 35.1 Å². The number of aliphatic hydroxyl groups excluding tert-OH is 4. The first-order chi connectivity index (χ1) is 15.6. The monoisotopic (exact) mass is 464 g/mol. The van der Waals surface area contributed by atoms with Crippen molar-refractivity contribution in [1.82, 2.24) is 21.3 Å². The second-order valence-corrected chi connectivity index (χ2v) is 7.99. The van der Waals surface area contributed by atoms with E-state index in [1.54, 1.807) is 13.8 Å². The van der Waals surface area contributed by atoms with E-state index in [0.29, 0.717) is 5.70 Å². The maximum Gasteiger partial charge on any atom is 0.373 e. The number of amides is 1. The molecule has 180 valence electrons. The minimum absolute atomic E-state index is 0.239. The van der Waals surface area contributed by atoms with Gasteiger partial charge in [0.1, 0.15) is 30.1 Å². The second-order valence-electron chi connectivity index (χ2n) is 7.99. The zero-order valence-corrected chi connectivity index (χ0v) is 18.0. The molecule has 0 aliphatic carbocycles. The first-order valence-corrected chi connectivity index (χ1v) is 10.3. The SMILES string of the molecule is CC(C)C(=O)N[C@H]1C([C@H](O)[C@H](O)CO)OC(C(=O)O)=C(N2C=C(c3ccccc3)NN2)[C@H]1O. The third-order valence-electron chi connectivity index (χ3n) is 5.32. The molecule has 5 atom stereocenters. The van der Waals surface area contributed by atoms with Crippen molar-refractivity contribution < 1.29 is 39.9 Å². The molecule has 1 unspecified atom stereocenters. The summed E-state index contributed by atoms with van der Waals surface area (Å²) in [6, 6.07) is 7.76. The van der Waals surface area contributed by atoms with Crippen molar-refractivity contribution in [2.75, 3.05) is 6.61 Å². The van der Waals surface area contributed by atoms with Gasteiger partial charge in [-0.25, -0.2) is 4.79 Å². The number of carbonyl (C=O) groups is 2. The Morgan fingerprint density at radius 2 is 1.88 bits per heavy atom. The number of benzene rings is 1. The molecular weight excluding hydrogens is 436 g/mol. The minimum Gasteiger partial charge on any atom is -0.477 e. The van der Waals surface area contributed by atoms with Gasteiger partial charge in [0.15, 0.2) is 6.10 Å². The molecule has 1 aromatic carbocycles. The highest BCUT2D eigenvalue weighted by Crippen LogP contribution is 2.31. The van der Waals surface area contributed by atoms with Crippen molar-refractivity contribution in [2.45, 2.75) is 44.3 Å². The highest BCUT2D eigenvalue weighted by molar-refractivity contribution is 5.86. The van der Waals surface area contributed by atoms with Gasteiger partial charge in [0.25, 0.3) is 0 Å². The summed E-state index contributed by atoms with van der Waals surface area (Å²) >= 11 is 0. The predicted molar refractivity (Wildman–Crippen MR) is 114 cm³/mol. The van der Waals surface area contributed by atoms with Crippen LogP contribution < -0.4 is 16.3 Å². The van der Waals surface area contributed by atoms with Gasteiger partial charge in [-0.3, -0.25) is 9.80 Å². The fraction of sp³-hybridized carbons (Fsp3) is 0.429. The number of rotatable bonds is 8. The smallest absolute Gasteiger partial charge is 0.373 e. The Bertz CT molecular complexity index is 935. The predicted octanol–water partition coefficient (Wildman–Crippen LogP) is -1.78. The number of carboxylic acids is 1.